The van der Waals surface area contributed by atoms with Gasteiger partial charge in [0.15, 0.2) is 5.78 Å². The Balaban J connectivity index is 1.41. The second-order valence-electron chi connectivity index (χ2n) is 9.88. The molecule has 2 aliphatic rings. The number of allylic oxidation sites excluding steroid dienone is 2. The summed E-state index contributed by atoms with van der Waals surface area (Å²) in [4.78, 5) is 30.4. The monoisotopic (exact) mass is 500 g/mol. The van der Waals surface area contributed by atoms with Crippen LogP contribution >= 0.6 is 0 Å². The minimum Gasteiger partial charge on any atom is -0.491 e. The zero-order chi connectivity index (χ0) is 26.3. The van der Waals surface area contributed by atoms with Gasteiger partial charge in [-0.3, -0.25) is 14.6 Å². The Morgan fingerprint density at radius 3 is 2.51 bits per heavy atom. The molecule has 2 atom stereocenters. The predicted octanol–water partition coefficient (Wildman–Crippen LogP) is 2.91. The van der Waals surface area contributed by atoms with Gasteiger partial charge in [-0.15, -0.1) is 0 Å². The number of anilines is 1. The van der Waals surface area contributed by atoms with Gasteiger partial charge >= 0.3 is 0 Å². The van der Waals surface area contributed by atoms with Crippen LogP contribution < -0.4 is 10.1 Å². The number of carbonyl (C=O) groups excluding carboxylic acids is 2. The lowest BCUT2D eigenvalue weighted by molar-refractivity contribution is -0.0339. The molecule has 8 heteroatoms. The Morgan fingerprint density at radius 2 is 1.78 bits per heavy atom. The first-order valence-corrected chi connectivity index (χ1v) is 12.1. The van der Waals surface area contributed by atoms with E-state index in [1.54, 1.807) is 48.8 Å². The van der Waals surface area contributed by atoms with Crippen molar-refractivity contribution in [3.05, 3.63) is 94.3 Å². The van der Waals surface area contributed by atoms with E-state index in [2.05, 4.69) is 24.1 Å². The van der Waals surface area contributed by atoms with E-state index < -0.39 is 24.2 Å². The fourth-order valence-electron chi connectivity index (χ4n) is 5.04. The van der Waals surface area contributed by atoms with Crippen molar-refractivity contribution in [2.45, 2.75) is 37.9 Å². The molecule has 37 heavy (non-hydrogen) atoms. The summed E-state index contributed by atoms with van der Waals surface area (Å²) in [6.45, 7) is 3.36. The number of amides is 1. The molecule has 1 amide bonds. The van der Waals surface area contributed by atoms with Crippen molar-refractivity contribution in [2.75, 3.05) is 18.5 Å². The smallest absolute Gasteiger partial charge is 0.255 e. The van der Waals surface area contributed by atoms with Gasteiger partial charge in [0.2, 0.25) is 0 Å². The molecule has 190 valence electrons. The van der Waals surface area contributed by atoms with E-state index in [1.807, 2.05) is 12.1 Å². The summed E-state index contributed by atoms with van der Waals surface area (Å²) >= 11 is 0. The largest absolute Gasteiger partial charge is 0.491 e. The van der Waals surface area contributed by atoms with Crippen molar-refractivity contribution < 1.29 is 29.6 Å². The van der Waals surface area contributed by atoms with Gasteiger partial charge in [-0.1, -0.05) is 19.9 Å². The molecule has 5 rings (SSSR count). The number of ether oxygens (including phenoxy) is 1. The Labute approximate surface area is 214 Å². The molecule has 0 aliphatic heterocycles. The number of aliphatic hydroxyl groups excluding tert-OH is 3. The first-order chi connectivity index (χ1) is 17.7. The molecule has 1 heterocycles. The zero-order valence-corrected chi connectivity index (χ0v) is 20.6. The molecule has 0 spiro atoms. The molecular formula is C29H28N2O6. The number of benzene rings is 2. The minimum atomic E-state index is -1.29. The number of nitrogens with one attached hydrogen (secondary N) is 1. The van der Waals surface area contributed by atoms with Gasteiger partial charge < -0.3 is 25.4 Å². The second kappa shape index (κ2) is 9.55. The van der Waals surface area contributed by atoms with Crippen LogP contribution in [0.25, 0.3) is 5.57 Å². The standard InChI is InChI=1S/C29H28N2O6/c1-29(2)22-13-19(37-15-25(34)24(33)14-32)4-6-21(22)27(35)26-20-5-3-16(11-17(20)12-23(26)29)28(36)31-18-7-9-30-10-8-18/h3-11,13,24-25,32-34H,12,14-15H2,1-2H3,(H,30,31,36)/t24-,25-/m1/s1. The molecule has 1 aromatic heterocycles. The van der Waals surface area contributed by atoms with Gasteiger partial charge in [0, 0.05) is 40.2 Å². The van der Waals surface area contributed by atoms with Crippen molar-refractivity contribution >= 4 is 23.0 Å². The number of fused-ring (bicyclic) bond motifs is 3. The summed E-state index contributed by atoms with van der Waals surface area (Å²) in [6.07, 6.45) is 1.24. The van der Waals surface area contributed by atoms with Gasteiger partial charge in [0.1, 0.15) is 24.6 Å². The van der Waals surface area contributed by atoms with Crippen LogP contribution in [-0.4, -0.2) is 57.4 Å². The summed E-state index contributed by atoms with van der Waals surface area (Å²) in [7, 11) is 0. The van der Waals surface area contributed by atoms with Crippen LogP contribution in [0.4, 0.5) is 5.69 Å². The lowest BCUT2D eigenvalue weighted by Crippen LogP contribution is -2.34. The van der Waals surface area contributed by atoms with E-state index in [0.29, 0.717) is 34.6 Å². The van der Waals surface area contributed by atoms with Gasteiger partial charge in [-0.05, 0) is 71.1 Å². The Bertz CT molecular complexity index is 1410. The highest BCUT2D eigenvalue weighted by atomic mass is 16.5. The van der Waals surface area contributed by atoms with Crippen LogP contribution in [0.15, 0.2) is 66.5 Å². The topological polar surface area (TPSA) is 129 Å². The lowest BCUT2D eigenvalue weighted by Gasteiger charge is -2.34. The van der Waals surface area contributed by atoms with E-state index in [4.69, 9.17) is 9.84 Å². The SMILES string of the molecule is CC1(C)C2=C(C(=O)c3ccc(OC[C@@H](O)[C@H](O)CO)cc31)c1ccc(C(=O)Nc3ccncc3)cc1C2. The number of nitrogens with zero attached hydrogens (tertiary/aromatic N) is 1. The highest BCUT2D eigenvalue weighted by molar-refractivity contribution is 6.33. The van der Waals surface area contributed by atoms with Crippen LogP contribution in [0.1, 0.15) is 51.3 Å². The third-order valence-electron chi connectivity index (χ3n) is 7.19. The third-order valence-corrected chi connectivity index (χ3v) is 7.19. The maximum Gasteiger partial charge on any atom is 0.255 e. The van der Waals surface area contributed by atoms with E-state index in [1.165, 1.54) is 0 Å². The quantitative estimate of drug-likeness (QED) is 0.393. The fraction of sp³-hybridized carbons (Fsp3) is 0.276. The third kappa shape index (κ3) is 4.44. The molecular weight excluding hydrogens is 472 g/mol. The molecule has 0 unspecified atom stereocenters. The van der Waals surface area contributed by atoms with E-state index in [-0.39, 0.29) is 18.3 Å². The first-order valence-electron chi connectivity index (χ1n) is 12.1. The number of Topliss-reactive ketones (excluding diaryl/α,β-unsaturated/α-hetero) is 1. The second-order valence-corrected chi connectivity index (χ2v) is 9.88. The highest BCUT2D eigenvalue weighted by Crippen LogP contribution is 2.50. The number of pyridine rings is 1. The van der Waals surface area contributed by atoms with Crippen molar-refractivity contribution in [3.8, 4) is 5.75 Å². The maximum atomic E-state index is 13.6. The molecule has 0 saturated carbocycles. The normalized spacial score (nSPS) is 16.9. The summed E-state index contributed by atoms with van der Waals surface area (Å²) in [5, 5.41) is 31.3. The number of hydrogen-bond acceptors (Lipinski definition) is 7. The first kappa shape index (κ1) is 24.8. The molecule has 3 aromatic rings. The number of hydrogen-bond donors (Lipinski definition) is 4. The van der Waals surface area contributed by atoms with Crippen LogP contribution in [0.5, 0.6) is 5.75 Å². The zero-order valence-electron chi connectivity index (χ0n) is 20.6. The molecule has 4 N–H and O–H groups in total. The molecule has 0 radical (unpaired) electrons. The average molecular weight is 501 g/mol. The van der Waals surface area contributed by atoms with Crippen molar-refractivity contribution in [3.63, 3.8) is 0 Å². The fourth-order valence-corrected chi connectivity index (χ4v) is 5.04. The van der Waals surface area contributed by atoms with Crippen LogP contribution in [0.3, 0.4) is 0 Å². The van der Waals surface area contributed by atoms with E-state index in [0.717, 1.165) is 22.3 Å². The number of carbonyl (C=O) groups is 2. The minimum absolute atomic E-state index is 0.0700. The molecule has 8 nitrogen and oxygen atoms in total. The Morgan fingerprint density at radius 1 is 1.05 bits per heavy atom. The van der Waals surface area contributed by atoms with Gasteiger partial charge in [0.25, 0.3) is 5.91 Å². The maximum absolute atomic E-state index is 13.6. The Kier molecular flexibility index (Phi) is 6.41. The average Bonchev–Trinajstić information content (AvgIpc) is 3.31. The molecule has 0 bridgehead atoms. The van der Waals surface area contributed by atoms with Crippen molar-refractivity contribution in [1.29, 1.82) is 0 Å². The number of rotatable bonds is 7. The summed E-state index contributed by atoms with van der Waals surface area (Å²) in [5.41, 5.74) is 5.52. The molecule has 0 fully saturated rings. The lowest BCUT2D eigenvalue weighted by atomic mass is 9.68. The van der Waals surface area contributed by atoms with Crippen molar-refractivity contribution in [1.82, 2.24) is 4.98 Å². The van der Waals surface area contributed by atoms with Crippen LogP contribution in [0.2, 0.25) is 0 Å². The molecule has 0 saturated heterocycles. The molecule has 2 aromatic carbocycles. The van der Waals surface area contributed by atoms with Crippen LogP contribution in [0, 0.1) is 0 Å². The van der Waals surface area contributed by atoms with E-state index in [9.17, 15) is 19.8 Å². The summed E-state index contributed by atoms with van der Waals surface area (Å²) in [5.74, 6) is 0.154. The summed E-state index contributed by atoms with van der Waals surface area (Å²) < 4.78 is 5.65. The number of ketones is 1. The molecule has 2 aliphatic carbocycles. The van der Waals surface area contributed by atoms with E-state index >= 15 is 0 Å². The van der Waals surface area contributed by atoms with Crippen molar-refractivity contribution in [2.24, 2.45) is 0 Å². The van der Waals surface area contributed by atoms with Gasteiger partial charge in [-0.2, -0.15) is 0 Å². The summed E-state index contributed by atoms with van der Waals surface area (Å²) in [6, 6.07) is 14.1. The number of aromatic nitrogens is 1. The van der Waals surface area contributed by atoms with Gasteiger partial charge in [0.05, 0.1) is 6.61 Å². The highest BCUT2D eigenvalue weighted by Gasteiger charge is 2.43. The number of aliphatic hydroxyl groups is 3. The predicted molar refractivity (Wildman–Crippen MR) is 138 cm³/mol. The van der Waals surface area contributed by atoms with Crippen LogP contribution in [-0.2, 0) is 11.8 Å². The Hall–Kier alpha value is -3.85. The van der Waals surface area contributed by atoms with Gasteiger partial charge in [-0.25, -0.2) is 0 Å².